The van der Waals surface area contributed by atoms with E-state index in [9.17, 15) is 0 Å². The second kappa shape index (κ2) is 9.78. The van der Waals surface area contributed by atoms with E-state index in [1.807, 2.05) is 73.0 Å². The van der Waals surface area contributed by atoms with Crippen molar-refractivity contribution in [1.29, 1.82) is 0 Å². The number of nitrogens with zero attached hydrogens (tertiary/aromatic N) is 5. The maximum Gasteiger partial charge on any atom is 0.239 e. The molecule has 2 aromatic carbocycles. The van der Waals surface area contributed by atoms with Gasteiger partial charge in [0.25, 0.3) is 0 Å². The molecule has 0 radical (unpaired) electrons. The van der Waals surface area contributed by atoms with Crippen LogP contribution in [0.5, 0.6) is 5.75 Å². The second-order valence-corrected chi connectivity index (χ2v) is 8.49. The van der Waals surface area contributed by atoms with Crippen LogP contribution < -0.4 is 4.74 Å². The minimum atomic E-state index is -0.0603. The molecule has 0 aliphatic rings. The van der Waals surface area contributed by atoms with Crippen molar-refractivity contribution >= 4 is 11.8 Å². The summed E-state index contributed by atoms with van der Waals surface area (Å²) >= 11 is 1.53. The first-order valence-corrected chi connectivity index (χ1v) is 11.2. The standard InChI is InChI=1S/C23H25N5O2S/c1-4-10-20-24-22(30-27-20)17(3)31-23-26-25-21(28(23)18-12-6-5-7-13-18)15-29-19-14-9-8-11-16(19)2/h5-9,11-14,17H,4,10,15H2,1-3H3. The zero-order chi connectivity index (χ0) is 21.6. The fourth-order valence-electron chi connectivity index (χ4n) is 3.13. The number of hydrogen-bond acceptors (Lipinski definition) is 7. The van der Waals surface area contributed by atoms with Gasteiger partial charge in [0.1, 0.15) is 12.4 Å². The number of para-hydroxylation sites is 2. The van der Waals surface area contributed by atoms with Gasteiger partial charge in [0, 0.05) is 12.1 Å². The van der Waals surface area contributed by atoms with E-state index in [4.69, 9.17) is 9.26 Å². The number of aromatic nitrogens is 5. The zero-order valence-corrected chi connectivity index (χ0v) is 18.7. The van der Waals surface area contributed by atoms with Crippen LogP contribution in [0.2, 0.25) is 0 Å². The molecular weight excluding hydrogens is 410 g/mol. The minimum Gasteiger partial charge on any atom is -0.485 e. The summed E-state index contributed by atoms with van der Waals surface area (Å²) in [6.07, 6.45) is 1.79. The van der Waals surface area contributed by atoms with Gasteiger partial charge in [-0.25, -0.2) is 0 Å². The van der Waals surface area contributed by atoms with Gasteiger partial charge < -0.3 is 9.26 Å². The molecule has 4 rings (SSSR count). The second-order valence-electron chi connectivity index (χ2n) is 7.18. The molecule has 0 N–H and O–H groups in total. The summed E-state index contributed by atoms with van der Waals surface area (Å²) in [6.45, 7) is 6.46. The van der Waals surface area contributed by atoms with Crippen molar-refractivity contribution in [3.05, 3.63) is 77.7 Å². The fourth-order valence-corrected chi connectivity index (χ4v) is 4.05. The Kier molecular flexibility index (Phi) is 6.66. The maximum atomic E-state index is 6.04. The number of ether oxygens (including phenoxy) is 1. The average Bonchev–Trinajstić information content (AvgIpc) is 3.41. The van der Waals surface area contributed by atoms with Crippen molar-refractivity contribution < 1.29 is 9.26 Å². The van der Waals surface area contributed by atoms with Crippen LogP contribution in [0.3, 0.4) is 0 Å². The molecule has 31 heavy (non-hydrogen) atoms. The van der Waals surface area contributed by atoms with E-state index >= 15 is 0 Å². The van der Waals surface area contributed by atoms with Gasteiger partial charge in [0.15, 0.2) is 16.8 Å². The third-order valence-corrected chi connectivity index (χ3v) is 5.78. The molecule has 0 fully saturated rings. The van der Waals surface area contributed by atoms with Crippen molar-refractivity contribution in [2.45, 2.75) is 50.6 Å². The summed E-state index contributed by atoms with van der Waals surface area (Å²) in [6, 6.07) is 18.0. The van der Waals surface area contributed by atoms with E-state index in [0.717, 1.165) is 46.6 Å². The van der Waals surface area contributed by atoms with Crippen LogP contribution in [0.4, 0.5) is 0 Å². The highest BCUT2D eigenvalue weighted by atomic mass is 32.2. The topological polar surface area (TPSA) is 78.9 Å². The average molecular weight is 436 g/mol. The van der Waals surface area contributed by atoms with Crippen LogP contribution in [0.25, 0.3) is 5.69 Å². The number of hydrogen-bond donors (Lipinski definition) is 0. The van der Waals surface area contributed by atoms with Crippen molar-refractivity contribution in [2.24, 2.45) is 0 Å². The molecule has 0 saturated heterocycles. The van der Waals surface area contributed by atoms with Gasteiger partial charge in [0.2, 0.25) is 5.89 Å². The Morgan fingerprint density at radius 1 is 1.06 bits per heavy atom. The number of rotatable bonds is 9. The number of aryl methyl sites for hydroxylation is 2. The van der Waals surface area contributed by atoms with Crippen LogP contribution in [0, 0.1) is 6.92 Å². The lowest BCUT2D eigenvalue weighted by Crippen LogP contribution is -2.07. The summed E-state index contributed by atoms with van der Waals surface area (Å²) in [5.74, 6) is 2.89. The molecule has 4 aromatic rings. The summed E-state index contributed by atoms with van der Waals surface area (Å²) in [5, 5.41) is 13.6. The molecule has 0 amide bonds. The third kappa shape index (κ3) is 4.96. The van der Waals surface area contributed by atoms with E-state index < -0.39 is 0 Å². The summed E-state index contributed by atoms with van der Waals surface area (Å²) < 4.78 is 13.5. The highest BCUT2D eigenvalue weighted by Crippen LogP contribution is 2.34. The van der Waals surface area contributed by atoms with Gasteiger partial charge in [-0.3, -0.25) is 4.57 Å². The smallest absolute Gasteiger partial charge is 0.239 e. The third-order valence-electron chi connectivity index (χ3n) is 4.75. The summed E-state index contributed by atoms with van der Waals surface area (Å²) in [7, 11) is 0. The quantitative estimate of drug-likeness (QED) is 0.328. The van der Waals surface area contributed by atoms with Crippen molar-refractivity contribution in [3.63, 3.8) is 0 Å². The van der Waals surface area contributed by atoms with Gasteiger partial charge in [-0.15, -0.1) is 10.2 Å². The lowest BCUT2D eigenvalue weighted by molar-refractivity contribution is 0.291. The summed E-state index contributed by atoms with van der Waals surface area (Å²) in [5.41, 5.74) is 2.05. The first-order chi connectivity index (χ1) is 15.2. The Morgan fingerprint density at radius 2 is 1.84 bits per heavy atom. The fraction of sp³-hybridized carbons (Fsp3) is 0.304. The molecule has 7 nitrogen and oxygen atoms in total. The SMILES string of the molecule is CCCc1noc(C(C)Sc2nnc(COc3ccccc3C)n2-c2ccccc2)n1. The Hall–Kier alpha value is -3.13. The minimum absolute atomic E-state index is 0.0603. The van der Waals surface area contributed by atoms with E-state index in [2.05, 4.69) is 27.3 Å². The predicted molar refractivity (Wildman–Crippen MR) is 119 cm³/mol. The van der Waals surface area contributed by atoms with Crippen LogP contribution in [0.15, 0.2) is 64.3 Å². The van der Waals surface area contributed by atoms with Gasteiger partial charge in [-0.1, -0.05) is 60.2 Å². The van der Waals surface area contributed by atoms with Crippen molar-refractivity contribution in [2.75, 3.05) is 0 Å². The predicted octanol–water partition coefficient (Wildman–Crippen LogP) is 5.34. The molecule has 0 spiro atoms. The molecule has 0 saturated carbocycles. The normalized spacial score (nSPS) is 12.1. The van der Waals surface area contributed by atoms with Crippen LogP contribution in [-0.4, -0.2) is 24.9 Å². The zero-order valence-electron chi connectivity index (χ0n) is 17.9. The molecule has 0 aliphatic heterocycles. The molecule has 8 heteroatoms. The van der Waals surface area contributed by atoms with Crippen LogP contribution in [-0.2, 0) is 13.0 Å². The largest absolute Gasteiger partial charge is 0.485 e. The van der Waals surface area contributed by atoms with Crippen molar-refractivity contribution in [1.82, 2.24) is 24.9 Å². The summed E-state index contributed by atoms with van der Waals surface area (Å²) in [4.78, 5) is 4.51. The highest BCUT2D eigenvalue weighted by molar-refractivity contribution is 7.99. The van der Waals surface area contributed by atoms with E-state index in [1.165, 1.54) is 11.8 Å². The molecule has 1 atom stereocenters. The lowest BCUT2D eigenvalue weighted by atomic mass is 10.2. The van der Waals surface area contributed by atoms with E-state index in [0.29, 0.717) is 12.5 Å². The number of benzene rings is 2. The Bertz CT molecular complexity index is 1130. The number of thioether (sulfide) groups is 1. The van der Waals surface area contributed by atoms with Gasteiger partial charge in [0.05, 0.1) is 5.25 Å². The Labute approximate surface area is 185 Å². The van der Waals surface area contributed by atoms with Crippen molar-refractivity contribution in [3.8, 4) is 11.4 Å². The molecule has 2 aromatic heterocycles. The maximum absolute atomic E-state index is 6.04. The van der Waals surface area contributed by atoms with E-state index in [-0.39, 0.29) is 5.25 Å². The molecule has 2 heterocycles. The van der Waals surface area contributed by atoms with Gasteiger partial charge in [-0.2, -0.15) is 4.98 Å². The van der Waals surface area contributed by atoms with Gasteiger partial charge in [-0.05, 0) is 44.0 Å². The first-order valence-electron chi connectivity index (χ1n) is 10.3. The molecule has 1 unspecified atom stereocenters. The van der Waals surface area contributed by atoms with Crippen LogP contribution >= 0.6 is 11.8 Å². The Morgan fingerprint density at radius 3 is 2.61 bits per heavy atom. The molecule has 0 bridgehead atoms. The van der Waals surface area contributed by atoms with E-state index in [1.54, 1.807) is 0 Å². The van der Waals surface area contributed by atoms with Crippen LogP contribution in [0.1, 0.15) is 48.6 Å². The monoisotopic (exact) mass is 435 g/mol. The molecule has 0 aliphatic carbocycles. The van der Waals surface area contributed by atoms with Gasteiger partial charge >= 0.3 is 0 Å². The lowest BCUT2D eigenvalue weighted by Gasteiger charge is -2.13. The molecular formula is C23H25N5O2S. The first kappa shape index (κ1) is 21.1. The molecule has 160 valence electrons. The highest BCUT2D eigenvalue weighted by Gasteiger charge is 2.22. The Balaban J connectivity index is 1.59.